The van der Waals surface area contributed by atoms with Crippen molar-refractivity contribution in [3.05, 3.63) is 88.4 Å². The average Bonchev–Trinajstić information content (AvgIpc) is 2.83. The van der Waals surface area contributed by atoms with Gasteiger partial charge >= 0.3 is 6.18 Å². The van der Waals surface area contributed by atoms with Crippen LogP contribution in [0.1, 0.15) is 21.5 Å². The zero-order chi connectivity index (χ0) is 26.1. The summed E-state index contributed by atoms with van der Waals surface area (Å²) in [6.07, 6.45) is -4.43. The molecule has 4 rings (SSSR count). The molecule has 3 aromatic carbocycles. The fourth-order valence-corrected chi connectivity index (χ4v) is 5.21. The molecule has 1 fully saturated rings. The maximum Gasteiger partial charge on any atom is 0.416 e. The van der Waals surface area contributed by atoms with Gasteiger partial charge in [-0.2, -0.15) is 13.2 Å². The van der Waals surface area contributed by atoms with E-state index in [1.54, 1.807) is 28.0 Å². The second-order valence-electron chi connectivity index (χ2n) is 8.44. The zero-order valence-electron chi connectivity index (χ0n) is 19.2. The van der Waals surface area contributed by atoms with Crippen LogP contribution in [-0.4, -0.2) is 45.4 Å². The number of hydrogen-bond donors (Lipinski definition) is 1. The molecule has 0 saturated carbocycles. The van der Waals surface area contributed by atoms with E-state index in [-0.39, 0.29) is 27.1 Å². The van der Waals surface area contributed by atoms with E-state index in [4.69, 9.17) is 11.6 Å². The van der Waals surface area contributed by atoms with Crippen molar-refractivity contribution in [1.29, 1.82) is 0 Å². The Balaban J connectivity index is 1.42. The normalized spacial score (nSPS) is 14.6. The summed E-state index contributed by atoms with van der Waals surface area (Å²) in [6.45, 7) is 3.17. The second-order valence-corrected chi connectivity index (χ2v) is 10.5. The SMILES string of the molecule is Cc1ccc(S(=O)(=O)Nc2ccc(C(=O)N3CCN(c4cccc(C(F)(F)F)c4)CC3)c(Cl)c2)cc1. The summed E-state index contributed by atoms with van der Waals surface area (Å²) >= 11 is 6.32. The largest absolute Gasteiger partial charge is 0.416 e. The molecule has 11 heteroatoms. The van der Waals surface area contributed by atoms with Crippen molar-refractivity contribution in [1.82, 2.24) is 4.90 Å². The van der Waals surface area contributed by atoms with Gasteiger partial charge in [0.2, 0.25) is 0 Å². The minimum absolute atomic E-state index is 0.0874. The highest BCUT2D eigenvalue weighted by Crippen LogP contribution is 2.32. The summed E-state index contributed by atoms with van der Waals surface area (Å²) in [5.74, 6) is -0.336. The van der Waals surface area contributed by atoms with E-state index in [2.05, 4.69) is 4.72 Å². The highest BCUT2D eigenvalue weighted by atomic mass is 35.5. The van der Waals surface area contributed by atoms with Crippen molar-refractivity contribution in [2.24, 2.45) is 0 Å². The van der Waals surface area contributed by atoms with Crippen molar-refractivity contribution in [3.8, 4) is 0 Å². The Morgan fingerprint density at radius 3 is 2.22 bits per heavy atom. The molecule has 1 heterocycles. The molecule has 36 heavy (non-hydrogen) atoms. The maximum atomic E-state index is 13.0. The first-order valence-electron chi connectivity index (χ1n) is 11.0. The number of amides is 1. The molecule has 0 unspecified atom stereocenters. The molecule has 1 amide bonds. The van der Waals surface area contributed by atoms with Crippen LogP contribution >= 0.6 is 11.6 Å². The lowest BCUT2D eigenvalue weighted by atomic mass is 10.1. The number of benzene rings is 3. The number of aryl methyl sites for hydroxylation is 1. The standard InChI is InChI=1S/C25H23ClF3N3O3S/c1-17-5-8-21(9-6-17)36(34,35)30-19-7-10-22(23(26)16-19)24(33)32-13-11-31(12-14-32)20-4-2-3-18(15-20)25(27,28)29/h2-10,15-16,30H,11-14H2,1H3. The van der Waals surface area contributed by atoms with Crippen LogP contribution in [0.2, 0.25) is 5.02 Å². The molecule has 0 spiro atoms. The van der Waals surface area contributed by atoms with Gasteiger partial charge in [-0.15, -0.1) is 0 Å². The van der Waals surface area contributed by atoms with Gasteiger partial charge in [0.1, 0.15) is 0 Å². The molecule has 1 N–H and O–H groups in total. The fourth-order valence-electron chi connectivity index (χ4n) is 3.90. The van der Waals surface area contributed by atoms with Gasteiger partial charge in [-0.3, -0.25) is 9.52 Å². The molecular weight excluding hydrogens is 515 g/mol. The van der Waals surface area contributed by atoms with E-state index < -0.39 is 21.8 Å². The fraction of sp³-hybridized carbons (Fsp3) is 0.240. The number of rotatable bonds is 5. The summed E-state index contributed by atoms with van der Waals surface area (Å²) < 4.78 is 66.8. The molecule has 1 saturated heterocycles. The molecular formula is C25H23ClF3N3O3S. The van der Waals surface area contributed by atoms with Crippen molar-refractivity contribution in [2.45, 2.75) is 18.0 Å². The highest BCUT2D eigenvalue weighted by Gasteiger charge is 2.31. The van der Waals surface area contributed by atoms with Crippen LogP contribution in [0.4, 0.5) is 24.5 Å². The average molecular weight is 538 g/mol. The topological polar surface area (TPSA) is 69.7 Å². The first-order valence-corrected chi connectivity index (χ1v) is 12.9. The van der Waals surface area contributed by atoms with Crippen LogP contribution < -0.4 is 9.62 Å². The van der Waals surface area contributed by atoms with Crippen LogP contribution in [0.15, 0.2) is 71.6 Å². The van der Waals surface area contributed by atoms with Gasteiger partial charge in [0.15, 0.2) is 0 Å². The van der Waals surface area contributed by atoms with E-state index >= 15 is 0 Å². The number of carbonyl (C=O) groups is 1. The van der Waals surface area contributed by atoms with E-state index in [1.165, 1.54) is 36.4 Å². The third-order valence-corrected chi connectivity index (χ3v) is 7.60. The Morgan fingerprint density at radius 2 is 1.61 bits per heavy atom. The quantitative estimate of drug-likeness (QED) is 0.471. The Morgan fingerprint density at radius 1 is 0.944 bits per heavy atom. The van der Waals surface area contributed by atoms with Gasteiger partial charge in [0.05, 0.1) is 26.7 Å². The number of alkyl halides is 3. The summed E-state index contributed by atoms with van der Waals surface area (Å²) in [6, 6.07) is 15.8. The molecule has 0 atom stereocenters. The highest BCUT2D eigenvalue weighted by molar-refractivity contribution is 7.92. The molecule has 0 bridgehead atoms. The first-order chi connectivity index (χ1) is 16.9. The van der Waals surface area contributed by atoms with Crippen molar-refractivity contribution in [3.63, 3.8) is 0 Å². The zero-order valence-corrected chi connectivity index (χ0v) is 20.8. The predicted molar refractivity (Wildman–Crippen MR) is 133 cm³/mol. The number of anilines is 2. The lowest BCUT2D eigenvalue weighted by molar-refractivity contribution is -0.137. The number of sulfonamides is 1. The monoisotopic (exact) mass is 537 g/mol. The Bertz CT molecular complexity index is 1370. The van der Waals surface area contributed by atoms with E-state index in [0.29, 0.717) is 31.9 Å². The summed E-state index contributed by atoms with van der Waals surface area (Å²) in [5, 5.41) is 0.0874. The second kappa shape index (κ2) is 10.0. The van der Waals surface area contributed by atoms with Gasteiger partial charge in [0, 0.05) is 31.9 Å². The lowest BCUT2D eigenvalue weighted by Crippen LogP contribution is -2.48. The summed E-state index contributed by atoms with van der Waals surface area (Å²) in [5.41, 5.74) is 1.08. The number of piperazine rings is 1. The molecule has 6 nitrogen and oxygen atoms in total. The smallest absolute Gasteiger partial charge is 0.368 e. The third kappa shape index (κ3) is 5.76. The molecule has 0 radical (unpaired) electrons. The molecule has 190 valence electrons. The molecule has 0 aromatic heterocycles. The number of nitrogens with zero attached hydrogens (tertiary/aromatic N) is 2. The Hall–Kier alpha value is -3.24. The van der Waals surface area contributed by atoms with Gasteiger partial charge in [-0.05, 0) is 55.5 Å². The van der Waals surface area contributed by atoms with E-state index in [9.17, 15) is 26.4 Å². The van der Waals surface area contributed by atoms with E-state index in [1.807, 2.05) is 6.92 Å². The van der Waals surface area contributed by atoms with Crippen molar-refractivity contribution in [2.75, 3.05) is 35.8 Å². The van der Waals surface area contributed by atoms with E-state index in [0.717, 1.165) is 17.7 Å². The number of nitrogens with one attached hydrogen (secondary N) is 1. The molecule has 1 aliphatic heterocycles. The summed E-state index contributed by atoms with van der Waals surface area (Å²) in [7, 11) is -3.83. The van der Waals surface area contributed by atoms with Crippen LogP contribution in [0.3, 0.4) is 0 Å². The minimum Gasteiger partial charge on any atom is -0.368 e. The number of carbonyl (C=O) groups excluding carboxylic acids is 1. The molecule has 3 aromatic rings. The van der Waals surface area contributed by atoms with Crippen LogP contribution in [-0.2, 0) is 16.2 Å². The van der Waals surface area contributed by atoms with Crippen molar-refractivity contribution < 1.29 is 26.4 Å². The molecule has 1 aliphatic rings. The van der Waals surface area contributed by atoms with Gasteiger partial charge < -0.3 is 9.80 Å². The van der Waals surface area contributed by atoms with Gasteiger partial charge in [-0.1, -0.05) is 35.4 Å². The number of hydrogen-bond acceptors (Lipinski definition) is 4. The Kier molecular flexibility index (Phi) is 7.19. The van der Waals surface area contributed by atoms with Crippen LogP contribution in [0.25, 0.3) is 0 Å². The van der Waals surface area contributed by atoms with Gasteiger partial charge in [0.25, 0.3) is 15.9 Å². The minimum atomic E-state index is -4.43. The Labute approximate surface area is 212 Å². The lowest BCUT2D eigenvalue weighted by Gasteiger charge is -2.36. The molecule has 0 aliphatic carbocycles. The van der Waals surface area contributed by atoms with Crippen LogP contribution in [0, 0.1) is 6.92 Å². The summed E-state index contributed by atoms with van der Waals surface area (Å²) in [4.78, 5) is 16.5. The van der Waals surface area contributed by atoms with Gasteiger partial charge in [-0.25, -0.2) is 8.42 Å². The van der Waals surface area contributed by atoms with Crippen LogP contribution in [0.5, 0.6) is 0 Å². The maximum absolute atomic E-state index is 13.0. The number of halogens is 4. The first kappa shape index (κ1) is 25.8. The third-order valence-electron chi connectivity index (χ3n) is 5.89. The predicted octanol–water partition coefficient (Wildman–Crippen LogP) is 5.43. The van der Waals surface area contributed by atoms with Crippen molar-refractivity contribution >= 4 is 38.9 Å².